The Kier molecular flexibility index (Phi) is 11.5. The molecule has 0 radical (unpaired) electrons. The minimum atomic E-state index is -0.355. The smallest absolute Gasteiger partial charge is 0.239 e. The molecule has 1 fully saturated rings. The van der Waals surface area contributed by atoms with Crippen LogP contribution >= 0.6 is 24.8 Å². The van der Waals surface area contributed by atoms with Gasteiger partial charge in [-0.3, -0.25) is 14.5 Å². The van der Waals surface area contributed by atoms with Crippen molar-refractivity contribution in [3.8, 4) is 0 Å². The van der Waals surface area contributed by atoms with Crippen molar-refractivity contribution in [1.82, 2.24) is 15.5 Å². The summed E-state index contributed by atoms with van der Waals surface area (Å²) < 4.78 is 11.1. The third-order valence-electron chi connectivity index (χ3n) is 3.70. The monoisotopic (exact) mass is 396 g/mol. The molecule has 144 valence electrons. The van der Waals surface area contributed by atoms with E-state index in [1.165, 1.54) is 0 Å². The summed E-state index contributed by atoms with van der Waals surface area (Å²) >= 11 is 0. The number of amides is 2. The van der Waals surface area contributed by atoms with Crippen LogP contribution in [0.4, 0.5) is 0 Å². The summed E-state index contributed by atoms with van der Waals surface area (Å²) in [6.45, 7) is 4.98. The zero-order chi connectivity index (χ0) is 16.7. The fourth-order valence-corrected chi connectivity index (χ4v) is 2.46. The highest BCUT2D eigenvalue weighted by atomic mass is 35.5. The van der Waals surface area contributed by atoms with E-state index >= 15 is 0 Å². The third kappa shape index (κ3) is 7.62. The Morgan fingerprint density at radius 2 is 1.88 bits per heavy atom. The number of rotatable bonds is 7. The van der Waals surface area contributed by atoms with Crippen molar-refractivity contribution >= 4 is 36.6 Å². The van der Waals surface area contributed by atoms with Crippen LogP contribution in [-0.4, -0.2) is 62.7 Å². The molecule has 8 nitrogen and oxygen atoms in total. The molecule has 1 aliphatic rings. The number of furan rings is 1. The van der Waals surface area contributed by atoms with Crippen LogP contribution in [0.25, 0.3) is 0 Å². The number of nitrogens with two attached hydrogens (primary N) is 1. The fraction of sp³-hybridized carbons (Fsp3) is 0.600. The second-order valence-electron chi connectivity index (χ2n) is 5.40. The van der Waals surface area contributed by atoms with E-state index in [2.05, 4.69) is 15.5 Å². The first-order valence-corrected chi connectivity index (χ1v) is 7.71. The standard InChI is InChI=1S/C15H24N4O4.2ClH/c1-11-2-3-13(23-11)12(19-4-6-22-7-5-19)9-17-15(21)10-18-14(20)8-16;;/h2-3,12H,4-10,16H2,1H3,(H,17,21)(H,18,20);2*1H. The second kappa shape index (κ2) is 12.1. The van der Waals surface area contributed by atoms with Gasteiger partial charge in [-0.25, -0.2) is 0 Å². The van der Waals surface area contributed by atoms with Crippen molar-refractivity contribution in [3.05, 3.63) is 23.7 Å². The van der Waals surface area contributed by atoms with Crippen molar-refractivity contribution in [3.63, 3.8) is 0 Å². The number of halogens is 2. The fourth-order valence-electron chi connectivity index (χ4n) is 2.46. The second-order valence-corrected chi connectivity index (χ2v) is 5.40. The van der Waals surface area contributed by atoms with Crippen molar-refractivity contribution in [2.24, 2.45) is 5.73 Å². The average molecular weight is 397 g/mol. The quantitative estimate of drug-likeness (QED) is 0.598. The molecule has 25 heavy (non-hydrogen) atoms. The molecule has 1 aliphatic heterocycles. The molecule has 10 heteroatoms. The number of nitrogens with zero attached hydrogens (tertiary/aromatic N) is 1. The maximum atomic E-state index is 11.8. The molecular weight excluding hydrogens is 371 g/mol. The predicted molar refractivity (Wildman–Crippen MR) is 98.1 cm³/mol. The van der Waals surface area contributed by atoms with Gasteiger partial charge in [0.05, 0.1) is 32.3 Å². The molecule has 2 heterocycles. The molecule has 2 rings (SSSR count). The molecule has 2 amide bonds. The molecule has 1 unspecified atom stereocenters. The number of aryl methyl sites for hydroxylation is 1. The summed E-state index contributed by atoms with van der Waals surface area (Å²) in [5.41, 5.74) is 5.18. The zero-order valence-corrected chi connectivity index (χ0v) is 15.8. The predicted octanol–water partition coefficient (Wildman–Crippen LogP) is -0.00398. The highest BCUT2D eigenvalue weighted by Crippen LogP contribution is 2.23. The normalized spacial score (nSPS) is 15.4. The van der Waals surface area contributed by atoms with Crippen LogP contribution in [-0.2, 0) is 14.3 Å². The summed E-state index contributed by atoms with van der Waals surface area (Å²) in [7, 11) is 0. The van der Waals surface area contributed by atoms with Crippen LogP contribution in [0.1, 0.15) is 17.6 Å². The van der Waals surface area contributed by atoms with Crippen LogP contribution in [0, 0.1) is 6.92 Å². The lowest BCUT2D eigenvalue weighted by atomic mass is 10.1. The summed E-state index contributed by atoms with van der Waals surface area (Å²) in [6, 6.07) is 3.78. The Morgan fingerprint density at radius 3 is 2.44 bits per heavy atom. The lowest BCUT2D eigenvalue weighted by Gasteiger charge is -2.33. The first-order chi connectivity index (χ1) is 11.1. The van der Waals surface area contributed by atoms with E-state index in [0.717, 1.165) is 24.6 Å². The van der Waals surface area contributed by atoms with Crippen LogP contribution in [0.5, 0.6) is 0 Å². The van der Waals surface area contributed by atoms with Crippen LogP contribution in [0.2, 0.25) is 0 Å². The number of hydrogen-bond acceptors (Lipinski definition) is 6. The number of ether oxygens (including phenoxy) is 1. The molecule has 1 aromatic rings. The van der Waals surface area contributed by atoms with Gasteiger partial charge >= 0.3 is 0 Å². The highest BCUT2D eigenvalue weighted by molar-refractivity contribution is 5.86. The van der Waals surface area contributed by atoms with Gasteiger partial charge in [0.25, 0.3) is 0 Å². The first kappa shape index (κ1) is 23.7. The van der Waals surface area contributed by atoms with Gasteiger partial charge in [-0.2, -0.15) is 0 Å². The molecule has 1 saturated heterocycles. The lowest BCUT2D eigenvalue weighted by Crippen LogP contribution is -2.45. The third-order valence-corrected chi connectivity index (χ3v) is 3.70. The molecule has 1 aromatic heterocycles. The lowest BCUT2D eigenvalue weighted by molar-refractivity contribution is -0.125. The van der Waals surface area contributed by atoms with Crippen LogP contribution < -0.4 is 16.4 Å². The summed E-state index contributed by atoms with van der Waals surface area (Å²) in [5.74, 6) is 1.04. The van der Waals surface area contributed by atoms with Crippen molar-refractivity contribution in [2.45, 2.75) is 13.0 Å². The largest absolute Gasteiger partial charge is 0.465 e. The minimum Gasteiger partial charge on any atom is -0.465 e. The maximum absolute atomic E-state index is 11.8. The summed E-state index contributed by atoms with van der Waals surface area (Å²) in [5, 5.41) is 5.28. The summed E-state index contributed by atoms with van der Waals surface area (Å²) in [6.07, 6.45) is 0. The van der Waals surface area contributed by atoms with E-state index in [0.29, 0.717) is 19.8 Å². The van der Waals surface area contributed by atoms with E-state index in [4.69, 9.17) is 14.9 Å². The minimum absolute atomic E-state index is 0. The van der Waals surface area contributed by atoms with Gasteiger partial charge in [-0.1, -0.05) is 0 Å². The van der Waals surface area contributed by atoms with Gasteiger partial charge < -0.3 is 25.5 Å². The molecule has 0 aliphatic carbocycles. The molecule has 0 spiro atoms. The SMILES string of the molecule is Cc1ccc(C(CNC(=O)CNC(=O)CN)N2CCOCC2)o1.Cl.Cl. The van der Waals surface area contributed by atoms with Crippen LogP contribution in [0.15, 0.2) is 16.5 Å². The molecule has 1 atom stereocenters. The maximum Gasteiger partial charge on any atom is 0.239 e. The van der Waals surface area contributed by atoms with Crippen molar-refractivity contribution in [2.75, 3.05) is 45.9 Å². The number of carbonyl (C=O) groups excluding carboxylic acids is 2. The van der Waals surface area contributed by atoms with Gasteiger partial charge in [-0.15, -0.1) is 24.8 Å². The van der Waals surface area contributed by atoms with Crippen molar-refractivity contribution < 1.29 is 18.7 Å². The van der Waals surface area contributed by atoms with E-state index in [1.54, 1.807) is 0 Å². The molecule has 4 N–H and O–H groups in total. The Bertz CT molecular complexity index is 535. The average Bonchev–Trinajstić information content (AvgIpc) is 3.00. The molecule has 0 bridgehead atoms. The first-order valence-electron chi connectivity index (χ1n) is 7.71. The van der Waals surface area contributed by atoms with Gasteiger partial charge in [0.1, 0.15) is 11.5 Å². The topological polar surface area (TPSA) is 110 Å². The van der Waals surface area contributed by atoms with Gasteiger partial charge in [-0.05, 0) is 19.1 Å². The molecule has 0 aromatic carbocycles. The Hall–Kier alpha value is -1.32. The van der Waals surface area contributed by atoms with Gasteiger partial charge in [0, 0.05) is 19.6 Å². The Morgan fingerprint density at radius 1 is 1.20 bits per heavy atom. The van der Waals surface area contributed by atoms with Crippen molar-refractivity contribution in [1.29, 1.82) is 0 Å². The van der Waals surface area contributed by atoms with E-state index < -0.39 is 0 Å². The van der Waals surface area contributed by atoms with E-state index in [-0.39, 0.29) is 55.8 Å². The Labute approximate surface area is 159 Å². The number of morpholine rings is 1. The zero-order valence-electron chi connectivity index (χ0n) is 14.2. The van der Waals surface area contributed by atoms with E-state index in [9.17, 15) is 9.59 Å². The number of carbonyl (C=O) groups is 2. The number of nitrogens with one attached hydrogen (secondary N) is 2. The summed E-state index contributed by atoms with van der Waals surface area (Å²) in [4.78, 5) is 25.1. The van der Waals surface area contributed by atoms with Gasteiger partial charge in [0.2, 0.25) is 11.8 Å². The molecular formula is C15H26Cl2N4O4. The van der Waals surface area contributed by atoms with E-state index in [1.807, 2.05) is 19.1 Å². The van der Waals surface area contributed by atoms with Crippen LogP contribution in [0.3, 0.4) is 0 Å². The highest BCUT2D eigenvalue weighted by Gasteiger charge is 2.25. The number of hydrogen-bond donors (Lipinski definition) is 3. The molecule has 0 saturated carbocycles. The van der Waals surface area contributed by atoms with Gasteiger partial charge in [0.15, 0.2) is 0 Å². The Balaban J connectivity index is 0.00000288.